The van der Waals surface area contributed by atoms with Crippen molar-refractivity contribution >= 4 is 29.1 Å². The summed E-state index contributed by atoms with van der Waals surface area (Å²) in [5.74, 6) is -0.350. The second-order valence-electron chi connectivity index (χ2n) is 3.61. The van der Waals surface area contributed by atoms with Gasteiger partial charge in [-0.1, -0.05) is 23.2 Å². The summed E-state index contributed by atoms with van der Waals surface area (Å²) in [6.45, 7) is 1.95. The van der Waals surface area contributed by atoms with E-state index >= 15 is 0 Å². The van der Waals surface area contributed by atoms with Gasteiger partial charge in [-0.25, -0.2) is 0 Å². The monoisotopic (exact) mass is 277 g/mol. The summed E-state index contributed by atoms with van der Waals surface area (Å²) in [7, 11) is 0. The van der Waals surface area contributed by atoms with Crippen molar-refractivity contribution in [1.82, 2.24) is 15.5 Å². The van der Waals surface area contributed by atoms with Crippen LogP contribution < -0.4 is 5.32 Å². The van der Waals surface area contributed by atoms with E-state index in [0.29, 0.717) is 12.8 Å². The zero-order valence-electron chi connectivity index (χ0n) is 9.28. The molecule has 7 heteroatoms. The maximum atomic E-state index is 11.8. The first-order valence-electron chi connectivity index (χ1n) is 5.15. The van der Waals surface area contributed by atoms with E-state index in [-0.39, 0.29) is 34.4 Å². The lowest BCUT2D eigenvalue weighted by atomic mass is 10.2. The van der Waals surface area contributed by atoms with Crippen LogP contribution in [0.4, 0.5) is 0 Å². The van der Waals surface area contributed by atoms with Crippen LogP contribution in [0.25, 0.3) is 0 Å². The molecular weight excluding hydrogens is 265 g/mol. The van der Waals surface area contributed by atoms with E-state index in [1.54, 1.807) is 0 Å². The van der Waals surface area contributed by atoms with Crippen molar-refractivity contribution in [2.75, 3.05) is 6.61 Å². The molecule has 0 aliphatic carbocycles. The largest absolute Gasteiger partial charge is 0.396 e. The molecule has 0 aliphatic rings. The number of nitrogens with one attached hydrogen (secondary N) is 1. The highest BCUT2D eigenvalue weighted by molar-refractivity contribution is 6.34. The Morgan fingerprint density at radius 3 is 2.88 bits per heavy atom. The molecule has 1 unspecified atom stereocenters. The van der Waals surface area contributed by atoms with Crippen molar-refractivity contribution in [3.05, 3.63) is 21.9 Å². The van der Waals surface area contributed by atoms with Crippen LogP contribution in [-0.2, 0) is 0 Å². The van der Waals surface area contributed by atoms with Gasteiger partial charge in [0.25, 0.3) is 5.91 Å². The van der Waals surface area contributed by atoms with Crippen LogP contribution in [-0.4, -0.2) is 33.9 Å². The first-order chi connectivity index (χ1) is 8.04. The molecular formula is C10H13Cl2N3O2. The van der Waals surface area contributed by atoms with Gasteiger partial charge in [-0.15, -0.1) is 10.2 Å². The lowest BCUT2D eigenvalue weighted by molar-refractivity contribution is 0.0936. The average Bonchev–Trinajstić information content (AvgIpc) is 2.29. The summed E-state index contributed by atoms with van der Waals surface area (Å²) in [6.07, 6.45) is 1.32. The molecule has 1 amide bonds. The number of hydrogen-bond acceptors (Lipinski definition) is 4. The summed E-state index contributed by atoms with van der Waals surface area (Å²) < 4.78 is 0. The summed E-state index contributed by atoms with van der Waals surface area (Å²) in [6, 6.07) is 1.31. The van der Waals surface area contributed by atoms with Crippen LogP contribution in [0.2, 0.25) is 10.3 Å². The average molecular weight is 278 g/mol. The van der Waals surface area contributed by atoms with Crippen molar-refractivity contribution in [3.8, 4) is 0 Å². The molecule has 0 aliphatic heterocycles. The minimum Gasteiger partial charge on any atom is -0.396 e. The van der Waals surface area contributed by atoms with E-state index in [2.05, 4.69) is 15.5 Å². The van der Waals surface area contributed by atoms with E-state index in [1.165, 1.54) is 6.07 Å². The van der Waals surface area contributed by atoms with Gasteiger partial charge in [0.05, 0.1) is 5.56 Å². The fourth-order valence-electron chi connectivity index (χ4n) is 1.28. The van der Waals surface area contributed by atoms with Gasteiger partial charge in [0, 0.05) is 12.6 Å². The number of halogens is 2. The molecule has 0 saturated carbocycles. The molecule has 1 aromatic heterocycles. The minimum absolute atomic E-state index is 0.0151. The normalized spacial score (nSPS) is 12.2. The van der Waals surface area contributed by atoms with Crippen LogP contribution in [0.15, 0.2) is 6.07 Å². The van der Waals surface area contributed by atoms with Crippen molar-refractivity contribution in [3.63, 3.8) is 0 Å². The summed E-state index contributed by atoms with van der Waals surface area (Å²) in [5, 5.41) is 18.6. The molecule has 17 heavy (non-hydrogen) atoms. The zero-order chi connectivity index (χ0) is 12.8. The molecule has 0 spiro atoms. The Hall–Kier alpha value is -0.910. The summed E-state index contributed by atoms with van der Waals surface area (Å²) >= 11 is 11.4. The quantitative estimate of drug-likeness (QED) is 0.859. The fourth-order valence-corrected chi connectivity index (χ4v) is 1.61. The van der Waals surface area contributed by atoms with E-state index in [0.717, 1.165) is 0 Å². The molecule has 5 nitrogen and oxygen atoms in total. The van der Waals surface area contributed by atoms with E-state index in [1.807, 2.05) is 6.92 Å². The van der Waals surface area contributed by atoms with Crippen molar-refractivity contribution in [2.24, 2.45) is 0 Å². The maximum Gasteiger partial charge on any atom is 0.254 e. The third-order valence-electron chi connectivity index (χ3n) is 2.14. The third kappa shape index (κ3) is 4.46. The van der Waals surface area contributed by atoms with Gasteiger partial charge in [-0.2, -0.15) is 0 Å². The van der Waals surface area contributed by atoms with Gasteiger partial charge >= 0.3 is 0 Å². The Labute approximate surface area is 109 Å². The number of aliphatic hydroxyl groups is 1. The van der Waals surface area contributed by atoms with E-state index < -0.39 is 0 Å². The molecule has 1 rings (SSSR count). The van der Waals surface area contributed by atoms with Gasteiger partial charge in [-0.3, -0.25) is 4.79 Å². The lowest BCUT2D eigenvalue weighted by Crippen LogP contribution is -2.33. The second kappa shape index (κ2) is 6.74. The highest BCUT2D eigenvalue weighted by Crippen LogP contribution is 2.15. The number of carbonyl (C=O) groups is 1. The standard InChI is InChI=1S/C10H13Cl2N3O2/c1-6(3-2-4-16)13-10(17)7-5-8(11)14-15-9(7)12/h5-6,16H,2-4H2,1H3,(H,13,17). The molecule has 1 heterocycles. The van der Waals surface area contributed by atoms with Crippen LogP contribution in [0.1, 0.15) is 30.1 Å². The molecule has 0 aromatic carbocycles. The highest BCUT2D eigenvalue weighted by Gasteiger charge is 2.15. The first kappa shape index (κ1) is 14.2. The van der Waals surface area contributed by atoms with Crippen LogP contribution in [0.5, 0.6) is 0 Å². The Morgan fingerprint density at radius 1 is 1.53 bits per heavy atom. The first-order valence-corrected chi connectivity index (χ1v) is 5.90. The second-order valence-corrected chi connectivity index (χ2v) is 4.36. The molecule has 1 atom stereocenters. The number of hydrogen-bond donors (Lipinski definition) is 2. The topological polar surface area (TPSA) is 75.1 Å². The smallest absolute Gasteiger partial charge is 0.254 e. The van der Waals surface area contributed by atoms with Gasteiger partial charge < -0.3 is 10.4 Å². The predicted molar refractivity (Wildman–Crippen MR) is 65.3 cm³/mol. The molecule has 94 valence electrons. The molecule has 2 N–H and O–H groups in total. The summed E-state index contributed by atoms with van der Waals surface area (Å²) in [5.41, 5.74) is 0.197. The molecule has 1 aromatic rings. The summed E-state index contributed by atoms with van der Waals surface area (Å²) in [4.78, 5) is 11.8. The molecule has 0 radical (unpaired) electrons. The molecule has 0 saturated heterocycles. The van der Waals surface area contributed by atoms with Crippen LogP contribution >= 0.6 is 23.2 Å². The number of aliphatic hydroxyl groups excluding tert-OH is 1. The van der Waals surface area contributed by atoms with Gasteiger partial charge in [0.15, 0.2) is 10.3 Å². The number of nitrogens with zero attached hydrogens (tertiary/aromatic N) is 2. The van der Waals surface area contributed by atoms with Gasteiger partial charge in [-0.05, 0) is 25.8 Å². The Morgan fingerprint density at radius 2 is 2.24 bits per heavy atom. The number of aromatic nitrogens is 2. The van der Waals surface area contributed by atoms with Gasteiger partial charge in [0.1, 0.15) is 0 Å². The Bertz CT molecular complexity index is 401. The van der Waals surface area contributed by atoms with Crippen molar-refractivity contribution in [1.29, 1.82) is 0 Å². The van der Waals surface area contributed by atoms with E-state index in [4.69, 9.17) is 28.3 Å². The zero-order valence-corrected chi connectivity index (χ0v) is 10.8. The van der Waals surface area contributed by atoms with E-state index in [9.17, 15) is 4.79 Å². The van der Waals surface area contributed by atoms with Crippen LogP contribution in [0.3, 0.4) is 0 Å². The predicted octanol–water partition coefficient (Wildman–Crippen LogP) is 1.67. The Balaban J connectivity index is 2.66. The Kier molecular flexibility index (Phi) is 5.61. The highest BCUT2D eigenvalue weighted by atomic mass is 35.5. The minimum atomic E-state index is -0.350. The molecule has 0 fully saturated rings. The van der Waals surface area contributed by atoms with Crippen molar-refractivity contribution < 1.29 is 9.90 Å². The number of rotatable bonds is 5. The fraction of sp³-hybridized carbons (Fsp3) is 0.500. The maximum absolute atomic E-state index is 11.8. The van der Waals surface area contributed by atoms with Gasteiger partial charge in [0.2, 0.25) is 0 Å². The van der Waals surface area contributed by atoms with Crippen molar-refractivity contribution in [2.45, 2.75) is 25.8 Å². The number of amides is 1. The van der Waals surface area contributed by atoms with Crippen LogP contribution in [0, 0.1) is 0 Å². The molecule has 0 bridgehead atoms. The number of carbonyl (C=O) groups excluding carboxylic acids is 1. The SMILES string of the molecule is CC(CCCO)NC(=O)c1cc(Cl)nnc1Cl. The lowest BCUT2D eigenvalue weighted by Gasteiger charge is -2.13. The third-order valence-corrected chi connectivity index (χ3v) is 2.60.